The molecule has 0 N–H and O–H groups in total. The van der Waals surface area contributed by atoms with Crippen molar-refractivity contribution < 1.29 is 13.9 Å². The first-order valence-electron chi connectivity index (χ1n) is 9.95. The molecule has 1 fully saturated rings. The molecule has 29 heavy (non-hydrogen) atoms. The number of rotatable bonds is 7. The van der Waals surface area contributed by atoms with E-state index in [9.17, 15) is 4.79 Å². The molecule has 1 aromatic heterocycles. The molecule has 2 aromatic carbocycles. The van der Waals surface area contributed by atoms with Crippen molar-refractivity contribution in [1.82, 2.24) is 4.90 Å². The highest BCUT2D eigenvalue weighted by Gasteiger charge is 2.11. The summed E-state index contributed by atoms with van der Waals surface area (Å²) in [7, 11) is 0. The first-order chi connectivity index (χ1) is 14.2. The van der Waals surface area contributed by atoms with Crippen LogP contribution in [0, 0.1) is 0 Å². The lowest BCUT2D eigenvalue weighted by atomic mass is 10.1. The summed E-state index contributed by atoms with van der Waals surface area (Å²) in [5.74, 6) is 0.725. The zero-order valence-corrected chi connectivity index (χ0v) is 17.8. The van der Waals surface area contributed by atoms with Crippen molar-refractivity contribution in [2.75, 3.05) is 39.5 Å². The molecule has 0 unspecified atom stereocenters. The number of benzene rings is 2. The van der Waals surface area contributed by atoms with Crippen LogP contribution in [-0.4, -0.2) is 44.4 Å². The van der Waals surface area contributed by atoms with E-state index >= 15 is 0 Å². The fourth-order valence-electron chi connectivity index (χ4n) is 3.48. The average Bonchev–Trinajstić information content (AvgIpc) is 2.75. The predicted octanol–water partition coefficient (Wildman–Crippen LogP) is 4.71. The molecule has 0 radical (unpaired) electrons. The first kappa shape index (κ1) is 20.1. The van der Waals surface area contributed by atoms with Crippen LogP contribution in [0.4, 0.5) is 0 Å². The molecule has 0 amide bonds. The van der Waals surface area contributed by atoms with Gasteiger partial charge in [-0.05, 0) is 49.2 Å². The Morgan fingerprint density at radius 1 is 1.03 bits per heavy atom. The summed E-state index contributed by atoms with van der Waals surface area (Å²) in [6.07, 6.45) is 3.61. The standard InChI is InChI=1S/C23H24BrNO4/c24-18-5-3-17(4-6-18)21-16-29-22-15-19(7-8-20(22)23(21)26)28-12-2-1-9-25-10-13-27-14-11-25/h3-8,15-16H,1-2,9-14H2. The first-order valence-corrected chi connectivity index (χ1v) is 10.7. The van der Waals surface area contributed by atoms with E-state index in [1.807, 2.05) is 30.3 Å². The van der Waals surface area contributed by atoms with Gasteiger partial charge in [-0.2, -0.15) is 0 Å². The van der Waals surface area contributed by atoms with Crippen LogP contribution in [-0.2, 0) is 4.74 Å². The monoisotopic (exact) mass is 457 g/mol. The minimum Gasteiger partial charge on any atom is -0.493 e. The molecular formula is C23H24BrNO4. The Hall–Kier alpha value is -2.15. The topological polar surface area (TPSA) is 51.9 Å². The summed E-state index contributed by atoms with van der Waals surface area (Å²) in [5.41, 5.74) is 1.90. The van der Waals surface area contributed by atoms with Crippen LogP contribution in [0.25, 0.3) is 22.1 Å². The van der Waals surface area contributed by atoms with Gasteiger partial charge in [0.25, 0.3) is 0 Å². The fraction of sp³-hybridized carbons (Fsp3) is 0.348. The molecule has 0 saturated carbocycles. The smallest absolute Gasteiger partial charge is 0.200 e. The Bertz CT molecular complexity index is 1010. The van der Waals surface area contributed by atoms with Crippen molar-refractivity contribution >= 4 is 26.9 Å². The number of hydrogen-bond donors (Lipinski definition) is 0. The maximum atomic E-state index is 12.8. The number of nitrogens with zero attached hydrogens (tertiary/aromatic N) is 1. The molecule has 1 aliphatic heterocycles. The third kappa shape index (κ3) is 5.07. The third-order valence-corrected chi connectivity index (χ3v) is 5.67. The second-order valence-corrected chi connectivity index (χ2v) is 8.07. The van der Waals surface area contributed by atoms with E-state index < -0.39 is 0 Å². The summed E-state index contributed by atoms with van der Waals surface area (Å²) in [5, 5.41) is 0.560. The van der Waals surface area contributed by atoms with Crippen molar-refractivity contribution in [2.24, 2.45) is 0 Å². The summed E-state index contributed by atoms with van der Waals surface area (Å²) < 4.78 is 17.9. The molecule has 2 heterocycles. The van der Waals surface area contributed by atoms with Gasteiger partial charge in [-0.25, -0.2) is 0 Å². The molecule has 152 valence electrons. The maximum Gasteiger partial charge on any atom is 0.200 e. The van der Waals surface area contributed by atoms with E-state index in [4.69, 9.17) is 13.9 Å². The van der Waals surface area contributed by atoms with Crippen LogP contribution in [0.2, 0.25) is 0 Å². The van der Waals surface area contributed by atoms with Crippen molar-refractivity contribution in [3.05, 3.63) is 63.4 Å². The van der Waals surface area contributed by atoms with Gasteiger partial charge in [-0.3, -0.25) is 9.69 Å². The van der Waals surface area contributed by atoms with Gasteiger partial charge in [0.1, 0.15) is 17.6 Å². The minimum atomic E-state index is -0.0365. The second-order valence-electron chi connectivity index (χ2n) is 7.15. The Labute approximate surface area is 178 Å². The highest BCUT2D eigenvalue weighted by molar-refractivity contribution is 9.10. The van der Waals surface area contributed by atoms with Crippen LogP contribution in [0.3, 0.4) is 0 Å². The molecule has 5 nitrogen and oxygen atoms in total. The van der Waals surface area contributed by atoms with Crippen LogP contribution in [0.15, 0.2) is 62.4 Å². The van der Waals surface area contributed by atoms with Gasteiger partial charge >= 0.3 is 0 Å². The molecular weight excluding hydrogens is 434 g/mol. The molecule has 0 atom stereocenters. The van der Waals surface area contributed by atoms with Crippen molar-refractivity contribution in [1.29, 1.82) is 0 Å². The van der Waals surface area contributed by atoms with E-state index in [1.54, 1.807) is 12.1 Å². The van der Waals surface area contributed by atoms with Gasteiger partial charge in [0.05, 0.1) is 30.8 Å². The largest absolute Gasteiger partial charge is 0.493 e. The van der Waals surface area contributed by atoms with Gasteiger partial charge in [-0.1, -0.05) is 28.1 Å². The third-order valence-electron chi connectivity index (χ3n) is 5.14. The van der Waals surface area contributed by atoms with Crippen LogP contribution < -0.4 is 10.2 Å². The Balaban J connectivity index is 1.37. The summed E-state index contributed by atoms with van der Waals surface area (Å²) in [4.78, 5) is 15.3. The summed E-state index contributed by atoms with van der Waals surface area (Å²) in [6, 6.07) is 13.0. The quantitative estimate of drug-likeness (QED) is 0.480. The molecule has 6 heteroatoms. The van der Waals surface area contributed by atoms with Crippen LogP contribution in [0.5, 0.6) is 5.75 Å². The van der Waals surface area contributed by atoms with E-state index in [1.165, 1.54) is 6.26 Å². The fourth-order valence-corrected chi connectivity index (χ4v) is 3.74. The lowest BCUT2D eigenvalue weighted by Crippen LogP contribution is -2.36. The van der Waals surface area contributed by atoms with Gasteiger partial charge in [-0.15, -0.1) is 0 Å². The van der Waals surface area contributed by atoms with Gasteiger partial charge < -0.3 is 13.9 Å². The van der Waals surface area contributed by atoms with Crippen LogP contribution >= 0.6 is 15.9 Å². The number of hydrogen-bond acceptors (Lipinski definition) is 5. The SMILES string of the molecule is O=c1c(-c2ccc(Br)cc2)coc2cc(OCCCCN3CCOCC3)ccc12. The number of unbranched alkanes of at least 4 members (excludes halogenated alkanes) is 1. The lowest BCUT2D eigenvalue weighted by molar-refractivity contribution is 0.0368. The van der Waals surface area contributed by atoms with Crippen molar-refractivity contribution in [3.63, 3.8) is 0 Å². The van der Waals surface area contributed by atoms with Gasteiger partial charge in [0.2, 0.25) is 0 Å². The number of morpholine rings is 1. The predicted molar refractivity (Wildman–Crippen MR) is 118 cm³/mol. The zero-order chi connectivity index (χ0) is 20.1. The van der Waals surface area contributed by atoms with Crippen LogP contribution in [0.1, 0.15) is 12.8 Å². The normalized spacial score (nSPS) is 14.9. The van der Waals surface area contributed by atoms with E-state index in [-0.39, 0.29) is 5.43 Å². The summed E-state index contributed by atoms with van der Waals surface area (Å²) >= 11 is 3.41. The Morgan fingerprint density at radius 2 is 1.83 bits per heavy atom. The lowest BCUT2D eigenvalue weighted by Gasteiger charge is -2.26. The number of fused-ring (bicyclic) bond motifs is 1. The summed E-state index contributed by atoms with van der Waals surface area (Å²) in [6.45, 7) is 5.44. The molecule has 1 aliphatic rings. The van der Waals surface area contributed by atoms with Crippen molar-refractivity contribution in [3.8, 4) is 16.9 Å². The number of ether oxygens (including phenoxy) is 2. The number of halogens is 1. The molecule has 0 aliphatic carbocycles. The highest BCUT2D eigenvalue weighted by Crippen LogP contribution is 2.24. The van der Waals surface area contributed by atoms with Gasteiger partial charge in [0.15, 0.2) is 5.43 Å². The molecule has 3 aromatic rings. The second kappa shape index (κ2) is 9.57. The van der Waals surface area contributed by atoms with Crippen molar-refractivity contribution in [2.45, 2.75) is 12.8 Å². The molecule has 0 spiro atoms. The molecule has 0 bridgehead atoms. The Morgan fingerprint density at radius 3 is 2.62 bits per heavy atom. The zero-order valence-electron chi connectivity index (χ0n) is 16.2. The maximum absolute atomic E-state index is 12.8. The van der Waals surface area contributed by atoms with E-state index in [0.717, 1.165) is 61.5 Å². The average molecular weight is 458 g/mol. The molecule has 4 rings (SSSR count). The Kier molecular flexibility index (Phi) is 6.64. The van der Waals surface area contributed by atoms with E-state index in [2.05, 4.69) is 20.8 Å². The minimum absolute atomic E-state index is 0.0365. The van der Waals surface area contributed by atoms with E-state index in [0.29, 0.717) is 23.1 Å². The molecule has 1 saturated heterocycles. The highest BCUT2D eigenvalue weighted by atomic mass is 79.9. The van der Waals surface area contributed by atoms with Gasteiger partial charge in [0, 0.05) is 23.6 Å².